The largest absolute Gasteiger partial charge is 0.427 e. The summed E-state index contributed by atoms with van der Waals surface area (Å²) in [6.07, 6.45) is 0. The molecule has 0 aromatic heterocycles. The molecule has 0 fully saturated rings. The molecule has 2 nitrogen and oxygen atoms in total. The zero-order chi connectivity index (χ0) is 9.84. The lowest BCUT2D eigenvalue weighted by Crippen LogP contribution is -2.01. The third-order valence-corrected chi connectivity index (χ3v) is 2.11. The lowest BCUT2D eigenvalue weighted by atomic mass is 10.2. The second-order valence-electron chi connectivity index (χ2n) is 2.78. The van der Waals surface area contributed by atoms with Crippen molar-refractivity contribution in [2.45, 2.75) is 18.7 Å². The molecule has 0 saturated heterocycles. The van der Waals surface area contributed by atoms with Gasteiger partial charge < -0.3 is 4.74 Å². The van der Waals surface area contributed by atoms with Crippen molar-refractivity contribution in [3.05, 3.63) is 29.8 Å². The predicted molar refractivity (Wildman–Crippen MR) is 55.1 cm³/mol. The average Bonchev–Trinajstić information content (AvgIpc) is 2.03. The van der Waals surface area contributed by atoms with Gasteiger partial charge in [0.05, 0.1) is 0 Å². The van der Waals surface area contributed by atoms with E-state index in [0.717, 1.165) is 5.56 Å². The maximum atomic E-state index is 10.7. The number of halogens is 1. The lowest BCUT2D eigenvalue weighted by Gasteiger charge is -2.05. The molecule has 70 valence electrons. The molecule has 3 heteroatoms. The van der Waals surface area contributed by atoms with Gasteiger partial charge in [-0.2, -0.15) is 0 Å². The van der Waals surface area contributed by atoms with E-state index >= 15 is 0 Å². The molecule has 1 aromatic carbocycles. The fraction of sp³-hybridized carbons (Fsp3) is 0.300. The maximum Gasteiger partial charge on any atom is 0.308 e. The molecule has 0 spiro atoms. The summed E-state index contributed by atoms with van der Waals surface area (Å²) >= 11 is 3.44. The van der Waals surface area contributed by atoms with E-state index in [1.165, 1.54) is 6.92 Å². The van der Waals surface area contributed by atoms with Crippen molar-refractivity contribution in [2.75, 3.05) is 0 Å². The molecular formula is C10H11BrO2. The highest BCUT2D eigenvalue weighted by Crippen LogP contribution is 2.24. The Kier molecular flexibility index (Phi) is 3.48. The normalized spacial score (nSPS) is 12.2. The van der Waals surface area contributed by atoms with Crippen molar-refractivity contribution in [1.29, 1.82) is 0 Å². The van der Waals surface area contributed by atoms with E-state index in [-0.39, 0.29) is 10.8 Å². The highest BCUT2D eigenvalue weighted by atomic mass is 79.9. The van der Waals surface area contributed by atoms with Crippen LogP contribution >= 0.6 is 15.9 Å². The van der Waals surface area contributed by atoms with Gasteiger partial charge in [0, 0.05) is 11.8 Å². The Balaban J connectivity index is 2.85. The summed E-state index contributed by atoms with van der Waals surface area (Å²) < 4.78 is 4.95. The fourth-order valence-corrected chi connectivity index (χ4v) is 1.28. The van der Waals surface area contributed by atoms with Crippen molar-refractivity contribution in [1.82, 2.24) is 0 Å². The first-order valence-electron chi connectivity index (χ1n) is 4.02. The summed E-state index contributed by atoms with van der Waals surface area (Å²) in [5.41, 5.74) is 1.10. The summed E-state index contributed by atoms with van der Waals surface area (Å²) in [6.45, 7) is 3.41. The minimum absolute atomic E-state index is 0.267. The first-order valence-corrected chi connectivity index (χ1v) is 4.93. The van der Waals surface area contributed by atoms with Gasteiger partial charge in [-0.05, 0) is 24.6 Å². The SMILES string of the molecule is CC(=O)Oc1cccc(C(C)Br)c1. The number of hydrogen-bond donors (Lipinski definition) is 0. The second-order valence-corrected chi connectivity index (χ2v) is 4.16. The summed E-state index contributed by atoms with van der Waals surface area (Å²) in [6, 6.07) is 7.46. The monoisotopic (exact) mass is 242 g/mol. The molecule has 0 aliphatic heterocycles. The van der Waals surface area contributed by atoms with Crippen LogP contribution in [0.2, 0.25) is 0 Å². The Morgan fingerprint density at radius 2 is 2.23 bits per heavy atom. The van der Waals surface area contributed by atoms with Crippen LogP contribution in [-0.4, -0.2) is 5.97 Å². The molecular weight excluding hydrogens is 232 g/mol. The topological polar surface area (TPSA) is 26.3 Å². The average molecular weight is 243 g/mol. The zero-order valence-corrected chi connectivity index (χ0v) is 9.17. The van der Waals surface area contributed by atoms with Crippen molar-refractivity contribution >= 4 is 21.9 Å². The minimum Gasteiger partial charge on any atom is -0.427 e. The van der Waals surface area contributed by atoms with E-state index in [9.17, 15) is 4.79 Å². The van der Waals surface area contributed by atoms with Crippen molar-refractivity contribution in [2.24, 2.45) is 0 Å². The highest BCUT2D eigenvalue weighted by Gasteiger charge is 2.03. The fourth-order valence-electron chi connectivity index (χ4n) is 0.991. The number of carbonyl (C=O) groups excluding carboxylic acids is 1. The number of benzene rings is 1. The molecule has 1 unspecified atom stereocenters. The lowest BCUT2D eigenvalue weighted by molar-refractivity contribution is -0.131. The maximum absolute atomic E-state index is 10.7. The Bertz CT molecular complexity index is 308. The predicted octanol–water partition coefficient (Wildman–Crippen LogP) is 3.07. The van der Waals surface area contributed by atoms with Crippen LogP contribution in [0.25, 0.3) is 0 Å². The van der Waals surface area contributed by atoms with Crippen LogP contribution < -0.4 is 4.74 Å². The summed E-state index contributed by atoms with van der Waals surface area (Å²) in [5, 5.41) is 0. The molecule has 0 amide bonds. The van der Waals surface area contributed by atoms with Gasteiger partial charge in [-0.3, -0.25) is 4.79 Å². The quantitative estimate of drug-likeness (QED) is 0.453. The number of esters is 1. The van der Waals surface area contributed by atoms with Crippen molar-refractivity contribution in [3.8, 4) is 5.75 Å². The Labute approximate surface area is 86.0 Å². The smallest absolute Gasteiger partial charge is 0.308 e. The second kappa shape index (κ2) is 4.42. The Morgan fingerprint density at radius 1 is 1.54 bits per heavy atom. The number of carbonyl (C=O) groups is 1. The van der Waals surface area contributed by atoms with Gasteiger partial charge in [-0.25, -0.2) is 0 Å². The van der Waals surface area contributed by atoms with Crippen LogP contribution in [-0.2, 0) is 4.79 Å². The first-order chi connectivity index (χ1) is 6.09. The zero-order valence-electron chi connectivity index (χ0n) is 7.58. The highest BCUT2D eigenvalue weighted by molar-refractivity contribution is 9.09. The molecule has 0 heterocycles. The van der Waals surface area contributed by atoms with Gasteiger partial charge in [0.25, 0.3) is 0 Å². The molecule has 0 radical (unpaired) electrons. The van der Waals surface area contributed by atoms with E-state index in [1.807, 2.05) is 25.1 Å². The summed E-state index contributed by atoms with van der Waals surface area (Å²) in [4.78, 5) is 10.9. The summed E-state index contributed by atoms with van der Waals surface area (Å²) in [7, 11) is 0. The molecule has 1 rings (SSSR count). The van der Waals surface area contributed by atoms with Gasteiger partial charge in [0.1, 0.15) is 5.75 Å². The Hall–Kier alpha value is -0.830. The molecule has 1 atom stereocenters. The third-order valence-electron chi connectivity index (χ3n) is 1.58. The standard InChI is InChI=1S/C10H11BrO2/c1-7(11)9-4-3-5-10(6-9)13-8(2)12/h3-7H,1-2H3. The number of ether oxygens (including phenoxy) is 1. The van der Waals surface area contributed by atoms with Crippen molar-refractivity contribution in [3.63, 3.8) is 0 Å². The first kappa shape index (κ1) is 10.3. The van der Waals surface area contributed by atoms with E-state index in [1.54, 1.807) is 6.07 Å². The van der Waals surface area contributed by atoms with Gasteiger partial charge in [-0.1, -0.05) is 28.1 Å². The van der Waals surface area contributed by atoms with E-state index in [0.29, 0.717) is 5.75 Å². The van der Waals surface area contributed by atoms with Crippen LogP contribution in [0, 0.1) is 0 Å². The van der Waals surface area contributed by atoms with Gasteiger partial charge in [-0.15, -0.1) is 0 Å². The van der Waals surface area contributed by atoms with Gasteiger partial charge in [0.2, 0.25) is 0 Å². The van der Waals surface area contributed by atoms with Crippen molar-refractivity contribution < 1.29 is 9.53 Å². The third kappa shape index (κ3) is 3.19. The van der Waals surface area contributed by atoms with Gasteiger partial charge >= 0.3 is 5.97 Å². The Morgan fingerprint density at radius 3 is 2.77 bits per heavy atom. The van der Waals surface area contributed by atoms with Crippen LogP contribution in [0.15, 0.2) is 24.3 Å². The molecule has 0 N–H and O–H groups in total. The number of rotatable bonds is 2. The molecule has 0 saturated carbocycles. The molecule has 1 aromatic rings. The van der Waals surface area contributed by atoms with Crippen LogP contribution in [0.4, 0.5) is 0 Å². The van der Waals surface area contributed by atoms with Crippen LogP contribution in [0.1, 0.15) is 24.2 Å². The van der Waals surface area contributed by atoms with E-state index in [2.05, 4.69) is 15.9 Å². The number of alkyl halides is 1. The van der Waals surface area contributed by atoms with E-state index < -0.39 is 0 Å². The minimum atomic E-state index is -0.292. The van der Waals surface area contributed by atoms with Gasteiger partial charge in [0.15, 0.2) is 0 Å². The summed E-state index contributed by atoms with van der Waals surface area (Å²) in [5.74, 6) is 0.302. The molecule has 13 heavy (non-hydrogen) atoms. The van der Waals surface area contributed by atoms with Crippen LogP contribution in [0.3, 0.4) is 0 Å². The number of hydrogen-bond acceptors (Lipinski definition) is 2. The molecule has 0 aliphatic rings. The molecule has 0 bridgehead atoms. The molecule has 0 aliphatic carbocycles. The van der Waals surface area contributed by atoms with E-state index in [4.69, 9.17) is 4.74 Å². The van der Waals surface area contributed by atoms with Crippen LogP contribution in [0.5, 0.6) is 5.75 Å².